The lowest BCUT2D eigenvalue weighted by molar-refractivity contribution is -0.119. The number of hydrogen-bond donors (Lipinski definition) is 1. The second kappa shape index (κ2) is 7.80. The van der Waals surface area contributed by atoms with Crippen molar-refractivity contribution in [2.45, 2.75) is 79.3 Å². The predicted octanol–water partition coefficient (Wildman–Crippen LogP) is 5.38. The maximum atomic E-state index is 13.6. The number of rotatable bonds is 9. The van der Waals surface area contributed by atoms with E-state index in [-0.39, 0.29) is 22.9 Å². The largest absolute Gasteiger partial charge is 0.512 e. The van der Waals surface area contributed by atoms with E-state index < -0.39 is 5.67 Å². The van der Waals surface area contributed by atoms with Crippen LogP contribution in [0, 0.1) is 11.3 Å². The van der Waals surface area contributed by atoms with Gasteiger partial charge in [-0.05, 0) is 39.5 Å². The van der Waals surface area contributed by atoms with Gasteiger partial charge >= 0.3 is 0 Å². The van der Waals surface area contributed by atoms with Gasteiger partial charge in [-0.2, -0.15) is 0 Å². The van der Waals surface area contributed by atoms with E-state index in [0.29, 0.717) is 12.8 Å². The summed E-state index contributed by atoms with van der Waals surface area (Å²) in [6.07, 6.45) is 4.65. The number of alkyl halides is 1. The molecule has 0 aromatic heterocycles. The Balaban J connectivity index is 4.85. The lowest BCUT2D eigenvalue weighted by atomic mass is 9.84. The molecule has 1 unspecified atom stereocenters. The van der Waals surface area contributed by atoms with Crippen LogP contribution in [0.5, 0.6) is 0 Å². The Morgan fingerprint density at radius 3 is 2.15 bits per heavy atom. The maximum absolute atomic E-state index is 13.6. The summed E-state index contributed by atoms with van der Waals surface area (Å²) < 4.78 is 13.6. The van der Waals surface area contributed by atoms with Crippen molar-refractivity contribution >= 4 is 5.78 Å². The molecule has 3 heteroatoms. The van der Waals surface area contributed by atoms with E-state index in [4.69, 9.17) is 0 Å². The number of carbonyl (C=O) groups is 1. The van der Waals surface area contributed by atoms with Gasteiger partial charge in [-0.25, -0.2) is 4.39 Å². The van der Waals surface area contributed by atoms with Crippen LogP contribution in [0.15, 0.2) is 11.8 Å². The van der Waals surface area contributed by atoms with Crippen molar-refractivity contribution in [2.75, 3.05) is 0 Å². The first kappa shape index (κ1) is 19.1. The molecule has 0 amide bonds. The maximum Gasteiger partial charge on any atom is 0.162 e. The van der Waals surface area contributed by atoms with E-state index in [1.807, 2.05) is 27.7 Å². The Bertz CT molecular complexity index is 337. The Morgan fingerprint density at radius 2 is 1.75 bits per heavy atom. The second-order valence-electron chi connectivity index (χ2n) is 6.91. The Morgan fingerprint density at radius 1 is 1.20 bits per heavy atom. The van der Waals surface area contributed by atoms with Gasteiger partial charge < -0.3 is 5.11 Å². The minimum absolute atomic E-state index is 0.0740. The molecule has 0 bridgehead atoms. The molecular formula is C17H31FO2. The number of aliphatic hydroxyl groups is 1. The first-order valence-corrected chi connectivity index (χ1v) is 7.67. The van der Waals surface area contributed by atoms with Crippen LogP contribution in [0.1, 0.15) is 73.6 Å². The molecule has 118 valence electrons. The smallest absolute Gasteiger partial charge is 0.162 e. The number of carbonyl (C=O) groups excluding carboxylic acids is 1. The van der Waals surface area contributed by atoms with E-state index in [2.05, 4.69) is 0 Å². The average molecular weight is 286 g/mol. The number of hydrogen-bond acceptors (Lipinski definition) is 2. The monoisotopic (exact) mass is 286 g/mol. The van der Waals surface area contributed by atoms with Crippen LogP contribution in [0.2, 0.25) is 0 Å². The summed E-state index contributed by atoms with van der Waals surface area (Å²) in [4.78, 5) is 12.3. The Labute approximate surface area is 123 Å². The summed E-state index contributed by atoms with van der Waals surface area (Å²) in [6, 6.07) is 0. The molecule has 0 saturated carbocycles. The summed E-state index contributed by atoms with van der Waals surface area (Å²) >= 11 is 0. The average Bonchev–Trinajstić information content (AvgIpc) is 2.32. The highest BCUT2D eigenvalue weighted by molar-refractivity contribution is 5.92. The summed E-state index contributed by atoms with van der Waals surface area (Å²) in [5, 5.41) is 10.1. The van der Waals surface area contributed by atoms with Gasteiger partial charge in [0.25, 0.3) is 0 Å². The zero-order valence-electron chi connectivity index (χ0n) is 13.9. The van der Waals surface area contributed by atoms with E-state index in [0.717, 1.165) is 19.3 Å². The van der Waals surface area contributed by atoms with Gasteiger partial charge in [-0.15, -0.1) is 0 Å². The third-order valence-electron chi connectivity index (χ3n) is 3.98. The molecule has 0 aromatic rings. The van der Waals surface area contributed by atoms with Crippen molar-refractivity contribution in [3.8, 4) is 0 Å². The quantitative estimate of drug-likeness (QED) is 0.456. The first-order valence-electron chi connectivity index (χ1n) is 7.67. The molecule has 0 aliphatic heterocycles. The van der Waals surface area contributed by atoms with Crippen molar-refractivity contribution in [1.82, 2.24) is 0 Å². The molecule has 1 N–H and O–H groups in total. The Hall–Kier alpha value is -0.860. The molecule has 0 aliphatic rings. The van der Waals surface area contributed by atoms with Crippen LogP contribution in [0.3, 0.4) is 0 Å². The van der Waals surface area contributed by atoms with Crippen molar-refractivity contribution in [1.29, 1.82) is 0 Å². The van der Waals surface area contributed by atoms with Gasteiger partial charge in [0, 0.05) is 17.4 Å². The second-order valence-corrected chi connectivity index (χ2v) is 6.91. The SMILES string of the molecule is CCCC(CCC(C)(C)F)C(=O)/C=C(\O)C(C)(C)CC. The molecule has 1 atom stereocenters. The van der Waals surface area contributed by atoms with Gasteiger partial charge in [-0.1, -0.05) is 34.1 Å². The molecule has 0 fully saturated rings. The minimum Gasteiger partial charge on any atom is -0.512 e. The third-order valence-corrected chi connectivity index (χ3v) is 3.98. The standard InChI is InChI=1S/C17H31FO2/c1-7-9-13(10-11-17(5,6)18)14(19)12-15(20)16(3,4)8-2/h12-13,20H,7-11H2,1-6H3/b15-12-. The molecule has 0 heterocycles. The predicted molar refractivity (Wildman–Crippen MR) is 82.6 cm³/mol. The first-order chi connectivity index (χ1) is 9.03. The summed E-state index contributed by atoms with van der Waals surface area (Å²) in [7, 11) is 0. The van der Waals surface area contributed by atoms with Crippen LogP contribution < -0.4 is 0 Å². The summed E-state index contributed by atoms with van der Waals surface area (Å²) in [5.74, 6) is -0.134. The summed E-state index contributed by atoms with van der Waals surface area (Å²) in [5.41, 5.74) is -1.63. The van der Waals surface area contributed by atoms with Gasteiger partial charge in [0.15, 0.2) is 5.78 Å². The molecular weight excluding hydrogens is 255 g/mol. The van der Waals surface area contributed by atoms with E-state index in [1.165, 1.54) is 19.9 Å². The number of ketones is 1. The zero-order chi connectivity index (χ0) is 16.0. The summed E-state index contributed by atoms with van der Waals surface area (Å²) in [6.45, 7) is 10.9. The van der Waals surface area contributed by atoms with Crippen molar-refractivity contribution in [3.63, 3.8) is 0 Å². The van der Waals surface area contributed by atoms with Crippen molar-refractivity contribution in [3.05, 3.63) is 11.8 Å². The molecule has 2 nitrogen and oxygen atoms in total. The molecule has 0 spiro atoms. The normalized spacial score (nSPS) is 15.2. The van der Waals surface area contributed by atoms with Crippen molar-refractivity contribution < 1.29 is 14.3 Å². The Kier molecular flexibility index (Phi) is 7.46. The molecule has 20 heavy (non-hydrogen) atoms. The molecule has 0 rings (SSSR count). The fourth-order valence-corrected chi connectivity index (χ4v) is 1.92. The van der Waals surface area contributed by atoms with Crippen LogP contribution in [0.4, 0.5) is 4.39 Å². The number of allylic oxidation sites excluding steroid dienone is 2. The van der Waals surface area contributed by atoms with Crippen LogP contribution in [-0.2, 0) is 4.79 Å². The lowest BCUT2D eigenvalue weighted by Crippen LogP contribution is -2.21. The van der Waals surface area contributed by atoms with Gasteiger partial charge in [0.2, 0.25) is 0 Å². The van der Waals surface area contributed by atoms with E-state index >= 15 is 0 Å². The van der Waals surface area contributed by atoms with Gasteiger partial charge in [0.1, 0.15) is 11.4 Å². The zero-order valence-corrected chi connectivity index (χ0v) is 13.9. The molecule has 0 aliphatic carbocycles. The molecule has 0 aromatic carbocycles. The molecule has 0 saturated heterocycles. The fourth-order valence-electron chi connectivity index (χ4n) is 1.92. The van der Waals surface area contributed by atoms with Crippen LogP contribution >= 0.6 is 0 Å². The van der Waals surface area contributed by atoms with Crippen molar-refractivity contribution in [2.24, 2.45) is 11.3 Å². The van der Waals surface area contributed by atoms with Crippen LogP contribution in [-0.4, -0.2) is 16.6 Å². The highest BCUT2D eigenvalue weighted by Crippen LogP contribution is 2.29. The molecule has 0 radical (unpaired) electrons. The highest BCUT2D eigenvalue weighted by atomic mass is 19.1. The van der Waals surface area contributed by atoms with E-state index in [9.17, 15) is 14.3 Å². The number of halogens is 1. The number of aliphatic hydroxyl groups excluding tert-OH is 1. The minimum atomic E-state index is -1.25. The topological polar surface area (TPSA) is 37.3 Å². The third kappa shape index (κ3) is 7.06. The van der Waals surface area contributed by atoms with E-state index in [1.54, 1.807) is 0 Å². The van der Waals surface area contributed by atoms with Gasteiger partial charge in [-0.3, -0.25) is 4.79 Å². The lowest BCUT2D eigenvalue weighted by Gasteiger charge is -2.23. The highest BCUT2D eigenvalue weighted by Gasteiger charge is 2.25. The van der Waals surface area contributed by atoms with Gasteiger partial charge in [0.05, 0.1) is 0 Å². The fraction of sp³-hybridized carbons (Fsp3) is 0.824. The van der Waals surface area contributed by atoms with Crippen LogP contribution in [0.25, 0.3) is 0 Å².